The van der Waals surface area contributed by atoms with Gasteiger partial charge in [0.2, 0.25) is 5.91 Å². The lowest BCUT2D eigenvalue weighted by Gasteiger charge is -2.03. The minimum Gasteiger partial charge on any atom is -0.464 e. The molecule has 0 fully saturated rings. The van der Waals surface area contributed by atoms with Gasteiger partial charge in [0.25, 0.3) is 0 Å². The van der Waals surface area contributed by atoms with E-state index in [2.05, 4.69) is 15.3 Å². The van der Waals surface area contributed by atoms with Gasteiger partial charge in [0, 0.05) is 6.42 Å². The number of hydrogen-bond acceptors (Lipinski definition) is 4. The molecule has 76 valence electrons. The number of aromatic nitrogens is 2. The van der Waals surface area contributed by atoms with Gasteiger partial charge in [0.15, 0.2) is 0 Å². The van der Waals surface area contributed by atoms with Crippen molar-refractivity contribution >= 4 is 11.6 Å². The Morgan fingerprint density at radius 1 is 1.43 bits per heavy atom. The predicted octanol–water partition coefficient (Wildman–Crippen LogP) is 1.22. The molecular formula is C9H13N3O2. The summed E-state index contributed by atoms with van der Waals surface area (Å²) in [6.07, 6.45) is 3.48. The Bertz CT molecular complexity index is 297. The highest BCUT2D eigenvalue weighted by molar-refractivity contribution is 5.90. The molecule has 1 rings (SSSR count). The van der Waals surface area contributed by atoms with Crippen molar-refractivity contribution in [1.29, 1.82) is 0 Å². The molecule has 5 nitrogen and oxygen atoms in total. The highest BCUT2D eigenvalue weighted by Gasteiger charge is 2.00. The third-order valence-corrected chi connectivity index (χ3v) is 1.51. The minimum atomic E-state index is -0.0576. The molecule has 0 aliphatic carbocycles. The number of carbonyl (C=O) groups excluding carboxylic acids is 1. The molecule has 0 atom stereocenters. The van der Waals surface area contributed by atoms with Gasteiger partial charge in [-0.05, 0) is 6.92 Å². The number of hydrogen-bond donors (Lipinski definition) is 1. The first-order valence-corrected chi connectivity index (χ1v) is 4.51. The van der Waals surface area contributed by atoms with E-state index in [9.17, 15) is 4.79 Å². The molecule has 1 amide bonds. The topological polar surface area (TPSA) is 64.1 Å². The SMILES string of the molecule is CCOc1ncc(NC(=O)CC)cn1. The van der Waals surface area contributed by atoms with Crippen LogP contribution in [-0.2, 0) is 4.79 Å². The number of anilines is 1. The van der Waals surface area contributed by atoms with Crippen molar-refractivity contribution in [2.45, 2.75) is 20.3 Å². The van der Waals surface area contributed by atoms with Gasteiger partial charge < -0.3 is 10.1 Å². The van der Waals surface area contributed by atoms with Crippen molar-refractivity contribution in [3.8, 4) is 6.01 Å². The fraction of sp³-hybridized carbons (Fsp3) is 0.444. The molecule has 0 saturated carbocycles. The largest absolute Gasteiger partial charge is 0.464 e. The lowest BCUT2D eigenvalue weighted by molar-refractivity contribution is -0.115. The second kappa shape index (κ2) is 5.16. The van der Waals surface area contributed by atoms with Crippen LogP contribution in [0.3, 0.4) is 0 Å². The average Bonchev–Trinajstić information content (AvgIpc) is 2.21. The van der Waals surface area contributed by atoms with Gasteiger partial charge in [-0.3, -0.25) is 4.79 Å². The summed E-state index contributed by atoms with van der Waals surface area (Å²) in [5, 5.41) is 2.64. The third kappa shape index (κ3) is 3.01. The average molecular weight is 195 g/mol. The number of nitrogens with one attached hydrogen (secondary N) is 1. The summed E-state index contributed by atoms with van der Waals surface area (Å²) >= 11 is 0. The molecule has 1 aromatic rings. The molecule has 1 heterocycles. The van der Waals surface area contributed by atoms with E-state index in [1.807, 2.05) is 6.92 Å². The lowest BCUT2D eigenvalue weighted by atomic mass is 10.4. The third-order valence-electron chi connectivity index (χ3n) is 1.51. The van der Waals surface area contributed by atoms with Gasteiger partial charge in [0.1, 0.15) is 0 Å². The van der Waals surface area contributed by atoms with Gasteiger partial charge >= 0.3 is 6.01 Å². The molecule has 5 heteroatoms. The predicted molar refractivity (Wildman–Crippen MR) is 52.1 cm³/mol. The van der Waals surface area contributed by atoms with E-state index >= 15 is 0 Å². The molecule has 1 aromatic heterocycles. The van der Waals surface area contributed by atoms with Crippen LogP contribution >= 0.6 is 0 Å². The van der Waals surface area contributed by atoms with E-state index in [4.69, 9.17) is 4.74 Å². The molecule has 0 saturated heterocycles. The number of nitrogens with zero attached hydrogens (tertiary/aromatic N) is 2. The van der Waals surface area contributed by atoms with E-state index in [0.29, 0.717) is 24.7 Å². The number of carbonyl (C=O) groups is 1. The zero-order valence-electron chi connectivity index (χ0n) is 8.28. The molecule has 0 aromatic carbocycles. The molecule has 1 N–H and O–H groups in total. The Morgan fingerprint density at radius 2 is 2.07 bits per heavy atom. The fourth-order valence-electron chi connectivity index (χ4n) is 0.834. The Labute approximate surface area is 82.5 Å². The highest BCUT2D eigenvalue weighted by atomic mass is 16.5. The summed E-state index contributed by atoms with van der Waals surface area (Å²) in [7, 11) is 0. The maximum atomic E-state index is 11.0. The van der Waals surface area contributed by atoms with Gasteiger partial charge in [-0.1, -0.05) is 6.92 Å². The quantitative estimate of drug-likeness (QED) is 0.784. The zero-order chi connectivity index (χ0) is 10.4. The number of rotatable bonds is 4. The van der Waals surface area contributed by atoms with Gasteiger partial charge in [-0.15, -0.1) is 0 Å². The summed E-state index contributed by atoms with van der Waals surface area (Å²) in [6, 6.07) is 0.321. The first-order chi connectivity index (χ1) is 6.76. The van der Waals surface area contributed by atoms with Gasteiger partial charge in [-0.25, -0.2) is 9.97 Å². The van der Waals surface area contributed by atoms with Gasteiger partial charge in [-0.2, -0.15) is 0 Å². The van der Waals surface area contributed by atoms with Crippen molar-refractivity contribution < 1.29 is 9.53 Å². The van der Waals surface area contributed by atoms with Crippen molar-refractivity contribution in [2.24, 2.45) is 0 Å². The molecule has 0 aliphatic heterocycles. The lowest BCUT2D eigenvalue weighted by Crippen LogP contribution is -2.10. The maximum Gasteiger partial charge on any atom is 0.316 e. The fourth-order valence-corrected chi connectivity index (χ4v) is 0.834. The summed E-state index contributed by atoms with van der Waals surface area (Å²) in [6.45, 7) is 4.17. The van der Waals surface area contributed by atoms with Crippen LogP contribution in [0.4, 0.5) is 5.69 Å². The van der Waals surface area contributed by atoms with Crippen molar-refractivity contribution in [2.75, 3.05) is 11.9 Å². The molecule has 0 unspecified atom stereocenters. The second-order valence-corrected chi connectivity index (χ2v) is 2.59. The summed E-state index contributed by atoms with van der Waals surface area (Å²) < 4.78 is 5.06. The molecule has 0 spiro atoms. The highest BCUT2D eigenvalue weighted by Crippen LogP contribution is 2.07. The molecule has 0 radical (unpaired) electrons. The van der Waals surface area contributed by atoms with Crippen LogP contribution in [-0.4, -0.2) is 22.5 Å². The summed E-state index contributed by atoms with van der Waals surface area (Å²) in [5.41, 5.74) is 0.584. The van der Waals surface area contributed by atoms with Crippen LogP contribution < -0.4 is 10.1 Å². The molecular weight excluding hydrogens is 182 g/mol. The van der Waals surface area contributed by atoms with Crippen molar-refractivity contribution in [3.05, 3.63) is 12.4 Å². The monoisotopic (exact) mass is 195 g/mol. The van der Waals surface area contributed by atoms with Crippen LogP contribution in [0.25, 0.3) is 0 Å². The smallest absolute Gasteiger partial charge is 0.316 e. The van der Waals surface area contributed by atoms with Crippen LogP contribution in [0, 0.1) is 0 Å². The normalized spacial score (nSPS) is 9.57. The number of ether oxygens (including phenoxy) is 1. The van der Waals surface area contributed by atoms with Crippen LogP contribution in [0.1, 0.15) is 20.3 Å². The van der Waals surface area contributed by atoms with Crippen molar-refractivity contribution in [1.82, 2.24) is 9.97 Å². The molecule has 14 heavy (non-hydrogen) atoms. The van der Waals surface area contributed by atoms with Crippen molar-refractivity contribution in [3.63, 3.8) is 0 Å². The Morgan fingerprint density at radius 3 is 2.57 bits per heavy atom. The summed E-state index contributed by atoms with van der Waals surface area (Å²) in [4.78, 5) is 18.8. The van der Waals surface area contributed by atoms with E-state index in [1.165, 1.54) is 12.4 Å². The standard InChI is InChI=1S/C9H13N3O2/c1-3-8(13)12-7-5-10-9(11-6-7)14-4-2/h5-6H,3-4H2,1-2H3,(H,12,13). The van der Waals surface area contributed by atoms with Crippen LogP contribution in [0.2, 0.25) is 0 Å². The van der Waals surface area contributed by atoms with Crippen LogP contribution in [0.15, 0.2) is 12.4 Å². The number of amides is 1. The van der Waals surface area contributed by atoms with E-state index in [1.54, 1.807) is 6.92 Å². The molecule has 0 bridgehead atoms. The first-order valence-electron chi connectivity index (χ1n) is 4.51. The second-order valence-electron chi connectivity index (χ2n) is 2.59. The summed E-state index contributed by atoms with van der Waals surface area (Å²) in [5.74, 6) is -0.0576. The minimum absolute atomic E-state index is 0.0576. The van der Waals surface area contributed by atoms with E-state index < -0.39 is 0 Å². The van der Waals surface area contributed by atoms with E-state index in [-0.39, 0.29) is 5.91 Å². The Balaban J connectivity index is 2.59. The maximum absolute atomic E-state index is 11.0. The Kier molecular flexibility index (Phi) is 3.84. The first kappa shape index (κ1) is 10.4. The molecule has 0 aliphatic rings. The van der Waals surface area contributed by atoms with Crippen LogP contribution in [0.5, 0.6) is 6.01 Å². The Hall–Kier alpha value is -1.65. The zero-order valence-corrected chi connectivity index (χ0v) is 8.28. The van der Waals surface area contributed by atoms with E-state index in [0.717, 1.165) is 0 Å². The van der Waals surface area contributed by atoms with Gasteiger partial charge in [0.05, 0.1) is 24.7 Å².